The lowest BCUT2D eigenvalue weighted by Gasteiger charge is -2.24. The van der Waals surface area contributed by atoms with Gasteiger partial charge in [0.1, 0.15) is 11.9 Å². The van der Waals surface area contributed by atoms with Crippen LogP contribution < -0.4 is 4.90 Å². The number of Topliss-reactive ketones (excluding diaryl/α,β-unsaturated/α-hetero) is 1. The summed E-state index contributed by atoms with van der Waals surface area (Å²) in [6.45, 7) is 3.88. The fraction of sp³-hybridized carbons (Fsp3) is 0.125. The molecule has 6 nitrogen and oxygen atoms in total. The van der Waals surface area contributed by atoms with Gasteiger partial charge < -0.3 is 9.52 Å². The third kappa shape index (κ3) is 3.03. The zero-order valence-electron chi connectivity index (χ0n) is 17.1. The molecule has 0 bridgehead atoms. The number of ketones is 1. The fourth-order valence-corrected chi connectivity index (χ4v) is 5.20. The van der Waals surface area contributed by atoms with E-state index in [1.54, 1.807) is 6.07 Å². The van der Waals surface area contributed by atoms with E-state index in [2.05, 4.69) is 4.98 Å². The number of halogens is 1. The number of anilines is 1. The van der Waals surface area contributed by atoms with Crippen LogP contribution in [0.15, 0.2) is 70.5 Å². The first-order chi connectivity index (χ1) is 15.4. The minimum absolute atomic E-state index is 0.0571. The van der Waals surface area contributed by atoms with Gasteiger partial charge in [0.2, 0.25) is 5.78 Å². The van der Waals surface area contributed by atoms with Crippen molar-refractivity contribution in [3.63, 3.8) is 0 Å². The Bertz CT molecular complexity index is 1420. The lowest BCUT2D eigenvalue weighted by Crippen LogP contribution is -2.31. The number of aryl methyl sites for hydroxylation is 2. The third-order valence-electron chi connectivity index (χ3n) is 5.42. The second-order valence-electron chi connectivity index (χ2n) is 7.59. The number of benzene rings is 2. The van der Waals surface area contributed by atoms with E-state index < -0.39 is 29.3 Å². The van der Waals surface area contributed by atoms with E-state index in [9.17, 15) is 19.1 Å². The molecule has 2 aromatic heterocycles. The van der Waals surface area contributed by atoms with Crippen molar-refractivity contribution in [2.75, 3.05) is 4.90 Å². The van der Waals surface area contributed by atoms with Gasteiger partial charge in [-0.3, -0.25) is 14.5 Å². The number of carbonyl (C=O) groups is 2. The van der Waals surface area contributed by atoms with Gasteiger partial charge in [0.15, 0.2) is 16.7 Å². The number of aromatic nitrogens is 1. The van der Waals surface area contributed by atoms with Crippen molar-refractivity contribution in [1.82, 2.24) is 4.98 Å². The average Bonchev–Trinajstić information content (AvgIpc) is 3.47. The molecule has 1 amide bonds. The predicted octanol–water partition coefficient (Wildman–Crippen LogP) is 5.43. The number of thiazole rings is 1. The molecule has 1 unspecified atom stereocenters. The molecular weight excluding hydrogens is 431 g/mol. The zero-order chi connectivity index (χ0) is 22.6. The van der Waals surface area contributed by atoms with Crippen LogP contribution in [-0.4, -0.2) is 21.8 Å². The second-order valence-corrected chi connectivity index (χ2v) is 8.60. The molecule has 0 fully saturated rings. The van der Waals surface area contributed by atoms with Crippen LogP contribution in [0, 0.1) is 19.7 Å². The molecule has 1 atom stereocenters. The van der Waals surface area contributed by atoms with Gasteiger partial charge in [-0.25, -0.2) is 9.37 Å². The molecule has 0 saturated carbocycles. The molecule has 8 heteroatoms. The van der Waals surface area contributed by atoms with Gasteiger partial charge in [-0.1, -0.05) is 35.6 Å². The van der Waals surface area contributed by atoms with E-state index in [1.807, 2.05) is 26.0 Å². The number of aliphatic hydroxyl groups excluding tert-OH is 1. The minimum atomic E-state index is -1.19. The monoisotopic (exact) mass is 448 g/mol. The summed E-state index contributed by atoms with van der Waals surface area (Å²) in [5, 5.41) is 11.0. The molecular formula is C24H17FN2O4S. The van der Waals surface area contributed by atoms with Crippen LogP contribution in [-0.2, 0) is 4.79 Å². The highest BCUT2D eigenvalue weighted by Crippen LogP contribution is 2.45. The molecule has 2 aromatic carbocycles. The standard InChI is InChI=1S/C24H17FN2O4S/c1-12-10-13(2)19-17(11-12)32-24(26-19)27-20(14-6-3-4-7-15(14)25)18(22(29)23(27)30)21(28)16-8-5-9-31-16/h3-11,20,29H,1-2H3. The summed E-state index contributed by atoms with van der Waals surface area (Å²) in [5.74, 6) is -2.92. The molecule has 0 radical (unpaired) electrons. The van der Waals surface area contributed by atoms with Crippen LogP contribution in [0.3, 0.4) is 0 Å². The summed E-state index contributed by atoms with van der Waals surface area (Å²) in [6, 6.07) is 11.5. The molecule has 4 aromatic rings. The van der Waals surface area contributed by atoms with E-state index in [1.165, 1.54) is 52.8 Å². The maximum atomic E-state index is 14.9. The van der Waals surface area contributed by atoms with Crippen LogP contribution in [0.5, 0.6) is 0 Å². The Balaban J connectivity index is 1.72. The van der Waals surface area contributed by atoms with E-state index >= 15 is 0 Å². The Morgan fingerprint density at radius 1 is 1.19 bits per heavy atom. The number of fused-ring (bicyclic) bond motifs is 1. The number of hydrogen-bond donors (Lipinski definition) is 1. The smallest absolute Gasteiger partial charge is 0.296 e. The lowest BCUT2D eigenvalue weighted by atomic mass is 9.95. The van der Waals surface area contributed by atoms with Crippen molar-refractivity contribution in [2.24, 2.45) is 0 Å². The number of amides is 1. The number of nitrogens with zero attached hydrogens (tertiary/aromatic N) is 2. The summed E-state index contributed by atoms with van der Waals surface area (Å²) in [6.07, 6.45) is 1.32. The largest absolute Gasteiger partial charge is 0.503 e. The molecule has 0 saturated heterocycles. The highest BCUT2D eigenvalue weighted by molar-refractivity contribution is 7.22. The third-order valence-corrected chi connectivity index (χ3v) is 6.42. The molecule has 3 heterocycles. The van der Waals surface area contributed by atoms with E-state index in [4.69, 9.17) is 4.42 Å². The van der Waals surface area contributed by atoms with Crippen molar-refractivity contribution in [3.05, 3.63) is 94.4 Å². The van der Waals surface area contributed by atoms with Gasteiger partial charge in [-0.05, 0) is 49.2 Å². The van der Waals surface area contributed by atoms with E-state index in [0.717, 1.165) is 15.8 Å². The maximum absolute atomic E-state index is 14.9. The van der Waals surface area contributed by atoms with Crippen molar-refractivity contribution in [3.8, 4) is 0 Å². The summed E-state index contributed by atoms with van der Waals surface area (Å²) in [7, 11) is 0. The lowest BCUT2D eigenvalue weighted by molar-refractivity contribution is -0.117. The van der Waals surface area contributed by atoms with Crippen molar-refractivity contribution in [2.45, 2.75) is 19.9 Å². The summed E-state index contributed by atoms with van der Waals surface area (Å²) in [5.41, 5.74) is 2.51. The number of furan rings is 1. The molecule has 0 aliphatic carbocycles. The van der Waals surface area contributed by atoms with Crippen molar-refractivity contribution >= 4 is 38.4 Å². The number of rotatable bonds is 4. The van der Waals surface area contributed by atoms with E-state index in [0.29, 0.717) is 5.52 Å². The number of aliphatic hydroxyl groups is 1. The quantitative estimate of drug-likeness (QED) is 0.421. The van der Waals surface area contributed by atoms with Gasteiger partial charge in [0, 0.05) is 5.56 Å². The first-order valence-electron chi connectivity index (χ1n) is 9.84. The highest BCUT2D eigenvalue weighted by Gasteiger charge is 2.47. The Kier molecular flexibility index (Phi) is 4.67. The van der Waals surface area contributed by atoms with Crippen molar-refractivity contribution in [1.29, 1.82) is 0 Å². The van der Waals surface area contributed by atoms with E-state index in [-0.39, 0.29) is 22.0 Å². The predicted molar refractivity (Wildman–Crippen MR) is 118 cm³/mol. The second kappa shape index (κ2) is 7.42. The van der Waals surface area contributed by atoms with Crippen LogP contribution in [0.25, 0.3) is 10.2 Å². The summed E-state index contributed by atoms with van der Waals surface area (Å²) < 4.78 is 20.9. The van der Waals surface area contributed by atoms with Gasteiger partial charge in [-0.15, -0.1) is 0 Å². The Hall–Kier alpha value is -3.78. The molecule has 1 N–H and O–H groups in total. The van der Waals surface area contributed by atoms with Crippen LogP contribution >= 0.6 is 11.3 Å². The molecule has 32 heavy (non-hydrogen) atoms. The molecule has 1 aliphatic heterocycles. The van der Waals surface area contributed by atoms with Gasteiger partial charge in [0.25, 0.3) is 5.91 Å². The average molecular weight is 448 g/mol. The Labute approximate surface area is 186 Å². The minimum Gasteiger partial charge on any atom is -0.503 e. The topological polar surface area (TPSA) is 83.6 Å². The molecule has 160 valence electrons. The number of carbonyl (C=O) groups excluding carboxylic acids is 2. The molecule has 0 spiro atoms. The Morgan fingerprint density at radius 3 is 2.69 bits per heavy atom. The highest BCUT2D eigenvalue weighted by atomic mass is 32.1. The van der Waals surface area contributed by atoms with Crippen LogP contribution in [0.4, 0.5) is 9.52 Å². The molecule has 1 aliphatic rings. The zero-order valence-corrected chi connectivity index (χ0v) is 17.9. The first-order valence-corrected chi connectivity index (χ1v) is 10.7. The van der Waals surface area contributed by atoms with Crippen LogP contribution in [0.2, 0.25) is 0 Å². The summed E-state index contributed by atoms with van der Waals surface area (Å²) >= 11 is 1.24. The van der Waals surface area contributed by atoms with Crippen molar-refractivity contribution < 1.29 is 23.5 Å². The molecule has 5 rings (SSSR count). The summed E-state index contributed by atoms with van der Waals surface area (Å²) in [4.78, 5) is 32.2. The first kappa shape index (κ1) is 20.1. The van der Waals surface area contributed by atoms with Gasteiger partial charge in [0.05, 0.1) is 22.1 Å². The Morgan fingerprint density at radius 2 is 1.97 bits per heavy atom. The SMILES string of the molecule is Cc1cc(C)c2nc(N3C(=O)C(O)=C(C(=O)c4ccco4)C3c3ccccc3F)sc2c1. The van der Waals surface area contributed by atoms with Gasteiger partial charge in [-0.2, -0.15) is 0 Å². The fourth-order valence-electron chi connectivity index (χ4n) is 4.03. The maximum Gasteiger partial charge on any atom is 0.296 e. The van der Waals surface area contributed by atoms with Gasteiger partial charge >= 0.3 is 0 Å². The number of hydrogen-bond acceptors (Lipinski definition) is 6. The van der Waals surface area contributed by atoms with Crippen LogP contribution in [0.1, 0.15) is 33.3 Å². The normalized spacial score (nSPS) is 16.4.